The van der Waals surface area contributed by atoms with E-state index < -0.39 is 0 Å². The molecular formula is C36H53IO2. The maximum absolute atomic E-state index is 13.0. The van der Waals surface area contributed by atoms with Gasteiger partial charge in [-0.2, -0.15) is 0 Å². The molecule has 4 aliphatic rings. The molecule has 1 aromatic rings. The topological polar surface area (TPSA) is 26.3 Å². The van der Waals surface area contributed by atoms with Crippen LogP contribution >= 0.6 is 22.6 Å². The van der Waals surface area contributed by atoms with E-state index in [9.17, 15) is 4.79 Å². The van der Waals surface area contributed by atoms with Crippen LogP contribution in [-0.2, 0) is 16.0 Å². The van der Waals surface area contributed by atoms with Crippen LogP contribution in [0.2, 0.25) is 0 Å². The summed E-state index contributed by atoms with van der Waals surface area (Å²) in [6, 6.07) is 10.3. The summed E-state index contributed by atoms with van der Waals surface area (Å²) < 4.78 is 6.02. The fourth-order valence-electron chi connectivity index (χ4n) is 9.90. The van der Waals surface area contributed by atoms with Gasteiger partial charge < -0.3 is 4.74 Å². The van der Waals surface area contributed by atoms with Gasteiger partial charge in [-0.1, -0.05) is 118 Å². The van der Waals surface area contributed by atoms with Gasteiger partial charge in [0.1, 0.15) is 10.0 Å². The Labute approximate surface area is 252 Å². The number of esters is 1. The molecule has 3 saturated carbocycles. The van der Waals surface area contributed by atoms with E-state index >= 15 is 0 Å². The molecule has 0 bridgehead atoms. The van der Waals surface area contributed by atoms with Crippen molar-refractivity contribution in [1.82, 2.24) is 0 Å². The zero-order chi connectivity index (χ0) is 27.8. The highest BCUT2D eigenvalue weighted by Gasteiger charge is 2.59. The predicted molar refractivity (Wildman–Crippen MR) is 171 cm³/mol. The number of fused-ring (bicyclic) bond motifs is 5. The summed E-state index contributed by atoms with van der Waals surface area (Å²) in [7, 11) is 0. The number of carbonyl (C=O) groups excluding carboxylic acids is 1. The molecule has 0 aromatic heterocycles. The van der Waals surface area contributed by atoms with Crippen LogP contribution in [0.25, 0.3) is 0 Å². The number of hydrogen-bond donors (Lipinski definition) is 0. The van der Waals surface area contributed by atoms with Crippen molar-refractivity contribution in [2.24, 2.45) is 46.3 Å². The Morgan fingerprint density at radius 2 is 1.77 bits per heavy atom. The molecule has 0 saturated heterocycles. The lowest BCUT2D eigenvalue weighted by Gasteiger charge is -2.58. The molecule has 4 aliphatic carbocycles. The normalized spacial score (nSPS) is 37.3. The van der Waals surface area contributed by atoms with Crippen molar-refractivity contribution in [1.29, 1.82) is 0 Å². The van der Waals surface area contributed by atoms with Gasteiger partial charge in [0.15, 0.2) is 0 Å². The van der Waals surface area contributed by atoms with Crippen LogP contribution in [0.1, 0.15) is 111 Å². The Bertz CT molecular complexity index is 1020. The van der Waals surface area contributed by atoms with Crippen molar-refractivity contribution < 1.29 is 9.53 Å². The lowest BCUT2D eigenvalue weighted by molar-refractivity contribution is -0.150. The minimum absolute atomic E-state index is 0.0321. The number of allylic oxidation sites excluding steroid dienone is 1. The predicted octanol–water partition coefficient (Wildman–Crippen LogP) is 9.99. The van der Waals surface area contributed by atoms with Crippen LogP contribution in [0.3, 0.4) is 0 Å². The van der Waals surface area contributed by atoms with Gasteiger partial charge in [0.2, 0.25) is 0 Å². The third-order valence-electron chi connectivity index (χ3n) is 12.1. The van der Waals surface area contributed by atoms with Gasteiger partial charge >= 0.3 is 5.97 Å². The number of hydrogen-bond acceptors (Lipinski definition) is 2. The third-order valence-corrected chi connectivity index (χ3v) is 13.0. The Morgan fingerprint density at radius 3 is 2.51 bits per heavy atom. The number of ether oxygens (including phenoxy) is 1. The highest BCUT2D eigenvalue weighted by molar-refractivity contribution is 14.1. The van der Waals surface area contributed by atoms with E-state index in [0.717, 1.165) is 54.8 Å². The molecule has 0 aliphatic heterocycles. The lowest BCUT2D eigenvalue weighted by atomic mass is 9.47. The minimum atomic E-state index is -0.123. The molecule has 2 nitrogen and oxygen atoms in total. The van der Waals surface area contributed by atoms with Gasteiger partial charge in [-0.15, -0.1) is 0 Å². The average molecular weight is 645 g/mol. The smallest absolute Gasteiger partial charge is 0.319 e. The van der Waals surface area contributed by atoms with Crippen molar-refractivity contribution >= 4 is 28.6 Å². The summed E-state index contributed by atoms with van der Waals surface area (Å²) in [5.41, 5.74) is 3.67. The van der Waals surface area contributed by atoms with Crippen molar-refractivity contribution in [2.75, 3.05) is 0 Å². The first-order valence-corrected chi connectivity index (χ1v) is 17.4. The lowest BCUT2D eigenvalue weighted by Crippen LogP contribution is -2.51. The van der Waals surface area contributed by atoms with E-state index in [0.29, 0.717) is 10.8 Å². The zero-order valence-corrected chi connectivity index (χ0v) is 27.4. The van der Waals surface area contributed by atoms with Crippen LogP contribution in [0.15, 0.2) is 42.0 Å². The molecule has 39 heavy (non-hydrogen) atoms. The standard InChI is InChI=1S/C36H53IO2/c1-24(2)10-9-11-25(3)30-16-17-31-29-15-14-27-23-28(18-20-35(27,4)32(29)19-21-36(30,31)5)39-34(38)33(37)22-26-12-7-6-8-13-26/h6-8,12-14,24-25,28-33H,9-11,15-23H2,1-5H3/t25-,28+,29-,30+,31-,32-,33-,35-,36+/m0/s1. The number of halogens is 1. The number of rotatable bonds is 9. The van der Waals surface area contributed by atoms with Crippen molar-refractivity contribution in [3.8, 4) is 0 Å². The van der Waals surface area contributed by atoms with Crippen molar-refractivity contribution in [3.63, 3.8) is 0 Å². The van der Waals surface area contributed by atoms with Gasteiger partial charge in [0.05, 0.1) is 0 Å². The molecule has 3 fully saturated rings. The Balaban J connectivity index is 1.21. The van der Waals surface area contributed by atoms with Crippen LogP contribution < -0.4 is 0 Å². The number of carbonyl (C=O) groups is 1. The largest absolute Gasteiger partial charge is 0.461 e. The Morgan fingerprint density at radius 1 is 1.00 bits per heavy atom. The van der Waals surface area contributed by atoms with E-state index in [1.165, 1.54) is 63.4 Å². The van der Waals surface area contributed by atoms with E-state index in [-0.39, 0.29) is 16.0 Å². The maximum Gasteiger partial charge on any atom is 0.319 e. The Hall–Kier alpha value is -0.840. The first-order chi connectivity index (χ1) is 18.6. The molecule has 0 N–H and O–H groups in total. The van der Waals surface area contributed by atoms with E-state index in [1.807, 2.05) is 18.2 Å². The van der Waals surface area contributed by atoms with Gasteiger partial charge in [-0.3, -0.25) is 4.79 Å². The van der Waals surface area contributed by atoms with Gasteiger partial charge in [0.25, 0.3) is 0 Å². The molecule has 1 aromatic carbocycles. The second kappa shape index (κ2) is 12.2. The summed E-state index contributed by atoms with van der Waals surface area (Å²) in [4.78, 5) is 13.0. The fourth-order valence-corrected chi connectivity index (χ4v) is 10.6. The molecule has 9 atom stereocenters. The summed E-state index contributed by atoms with van der Waals surface area (Å²) in [6.45, 7) is 12.6. The van der Waals surface area contributed by atoms with Gasteiger partial charge in [0, 0.05) is 6.42 Å². The second-order valence-electron chi connectivity index (χ2n) is 14.7. The summed E-state index contributed by atoms with van der Waals surface area (Å²) in [5, 5.41) is 0. The summed E-state index contributed by atoms with van der Waals surface area (Å²) in [5.74, 6) is 5.16. The summed E-state index contributed by atoms with van der Waals surface area (Å²) in [6.07, 6.45) is 17.8. The molecule has 0 unspecified atom stereocenters. The first kappa shape index (κ1) is 29.6. The molecule has 0 radical (unpaired) electrons. The molecule has 3 heteroatoms. The van der Waals surface area contributed by atoms with Crippen molar-refractivity contribution in [3.05, 3.63) is 47.5 Å². The molecular weight excluding hydrogens is 591 g/mol. The summed E-state index contributed by atoms with van der Waals surface area (Å²) >= 11 is 2.27. The van der Waals surface area contributed by atoms with Crippen LogP contribution in [0, 0.1) is 46.3 Å². The monoisotopic (exact) mass is 644 g/mol. The molecule has 5 rings (SSSR count). The van der Waals surface area contributed by atoms with E-state index in [4.69, 9.17) is 4.74 Å². The molecule has 0 heterocycles. The Kier molecular flexibility index (Phi) is 9.26. The second-order valence-corrected chi connectivity index (χ2v) is 16.3. The van der Waals surface area contributed by atoms with E-state index in [1.54, 1.807) is 5.57 Å². The fraction of sp³-hybridized carbons (Fsp3) is 0.750. The number of alkyl halides is 1. The first-order valence-electron chi connectivity index (χ1n) is 16.2. The molecule has 0 spiro atoms. The van der Waals surface area contributed by atoms with Gasteiger partial charge in [-0.25, -0.2) is 0 Å². The highest BCUT2D eigenvalue weighted by atomic mass is 127. The minimum Gasteiger partial charge on any atom is -0.461 e. The maximum atomic E-state index is 13.0. The SMILES string of the molecule is CC(C)CCC[C@H](C)[C@H]1CC[C@H]2[C@@H]3CC=C4C[C@H](OC(=O)[C@@H](I)Cc5ccccc5)CC[C@]4(C)[C@H]3CC[C@]12C. The van der Waals surface area contributed by atoms with Crippen LogP contribution in [0.4, 0.5) is 0 Å². The zero-order valence-electron chi connectivity index (χ0n) is 25.3. The number of benzene rings is 1. The van der Waals surface area contributed by atoms with Crippen LogP contribution in [0.5, 0.6) is 0 Å². The van der Waals surface area contributed by atoms with Gasteiger partial charge in [-0.05, 0) is 103 Å². The third kappa shape index (κ3) is 6.05. The van der Waals surface area contributed by atoms with Crippen molar-refractivity contribution in [2.45, 2.75) is 122 Å². The molecule has 216 valence electrons. The highest BCUT2D eigenvalue weighted by Crippen LogP contribution is 2.67. The molecule has 0 amide bonds. The van der Waals surface area contributed by atoms with E-state index in [2.05, 4.69) is 75.4 Å². The van der Waals surface area contributed by atoms with Crippen LogP contribution in [-0.4, -0.2) is 16.0 Å². The quantitative estimate of drug-likeness (QED) is 0.116. The average Bonchev–Trinajstić information content (AvgIpc) is 3.26.